The van der Waals surface area contributed by atoms with Gasteiger partial charge in [0.25, 0.3) is 0 Å². The molecule has 0 N–H and O–H groups in total. The van der Waals surface area contributed by atoms with E-state index in [4.69, 9.17) is 0 Å². The van der Waals surface area contributed by atoms with Crippen LogP contribution in [-0.2, 0) is 6.54 Å². The molecule has 0 aliphatic carbocycles. The van der Waals surface area contributed by atoms with Gasteiger partial charge < -0.3 is 4.57 Å². The molecular formula is C17H19N. The standard InChI is InChI=1S/C17H19N/c1-5-18-15-9-7-6-8-14(15)17-13(4)12(3)11(2)10-16(17)18/h6-10H,5H2,1-4H3. The van der Waals surface area contributed by atoms with Gasteiger partial charge in [-0.25, -0.2) is 0 Å². The smallest absolute Gasteiger partial charge is 0.0496 e. The lowest BCUT2D eigenvalue weighted by Gasteiger charge is -2.08. The first kappa shape index (κ1) is 11.3. The highest BCUT2D eigenvalue weighted by atomic mass is 15.0. The van der Waals surface area contributed by atoms with Gasteiger partial charge in [0.2, 0.25) is 0 Å². The van der Waals surface area contributed by atoms with Crippen molar-refractivity contribution in [2.75, 3.05) is 0 Å². The second kappa shape index (κ2) is 3.88. The van der Waals surface area contributed by atoms with Crippen LogP contribution in [0.5, 0.6) is 0 Å². The first-order chi connectivity index (χ1) is 8.65. The van der Waals surface area contributed by atoms with Crippen LogP contribution in [0.1, 0.15) is 23.6 Å². The van der Waals surface area contributed by atoms with Crippen LogP contribution < -0.4 is 0 Å². The fourth-order valence-electron chi connectivity index (χ4n) is 3.00. The Balaban J connectivity index is 2.65. The highest BCUT2D eigenvalue weighted by Crippen LogP contribution is 2.34. The number of rotatable bonds is 1. The lowest BCUT2D eigenvalue weighted by atomic mass is 9.99. The zero-order valence-corrected chi connectivity index (χ0v) is 11.5. The van der Waals surface area contributed by atoms with E-state index in [2.05, 4.69) is 62.6 Å². The van der Waals surface area contributed by atoms with Crippen molar-refractivity contribution in [2.24, 2.45) is 0 Å². The molecule has 2 aromatic carbocycles. The number of benzene rings is 2. The Kier molecular flexibility index (Phi) is 2.44. The van der Waals surface area contributed by atoms with Crippen molar-refractivity contribution in [3.8, 4) is 0 Å². The van der Waals surface area contributed by atoms with Gasteiger partial charge in [0.15, 0.2) is 0 Å². The van der Waals surface area contributed by atoms with Crippen LogP contribution in [0.3, 0.4) is 0 Å². The van der Waals surface area contributed by atoms with Gasteiger partial charge in [-0.3, -0.25) is 0 Å². The predicted molar refractivity (Wildman–Crippen MR) is 79.3 cm³/mol. The molecule has 1 heteroatoms. The molecule has 3 aromatic rings. The summed E-state index contributed by atoms with van der Waals surface area (Å²) in [6.07, 6.45) is 0. The van der Waals surface area contributed by atoms with E-state index in [-0.39, 0.29) is 0 Å². The molecule has 0 atom stereocenters. The van der Waals surface area contributed by atoms with Crippen molar-refractivity contribution in [2.45, 2.75) is 34.2 Å². The summed E-state index contributed by atoms with van der Waals surface area (Å²) in [7, 11) is 0. The zero-order valence-electron chi connectivity index (χ0n) is 11.5. The van der Waals surface area contributed by atoms with Crippen LogP contribution in [0, 0.1) is 20.8 Å². The minimum Gasteiger partial charge on any atom is -0.341 e. The maximum atomic E-state index is 2.42. The number of para-hydroxylation sites is 1. The van der Waals surface area contributed by atoms with Crippen molar-refractivity contribution in [3.63, 3.8) is 0 Å². The lowest BCUT2D eigenvalue weighted by Crippen LogP contribution is -1.94. The van der Waals surface area contributed by atoms with E-state index >= 15 is 0 Å². The van der Waals surface area contributed by atoms with Gasteiger partial charge in [0.1, 0.15) is 0 Å². The number of aryl methyl sites for hydroxylation is 3. The van der Waals surface area contributed by atoms with E-state index in [1.807, 2.05) is 0 Å². The largest absolute Gasteiger partial charge is 0.341 e. The van der Waals surface area contributed by atoms with Crippen LogP contribution in [0.25, 0.3) is 21.8 Å². The van der Waals surface area contributed by atoms with E-state index in [1.165, 1.54) is 38.5 Å². The Morgan fingerprint density at radius 2 is 1.67 bits per heavy atom. The minimum atomic E-state index is 1.02. The van der Waals surface area contributed by atoms with Crippen LogP contribution in [0.4, 0.5) is 0 Å². The van der Waals surface area contributed by atoms with Crippen molar-refractivity contribution in [1.29, 1.82) is 0 Å². The van der Waals surface area contributed by atoms with Crippen molar-refractivity contribution >= 4 is 21.8 Å². The van der Waals surface area contributed by atoms with E-state index in [0.717, 1.165) is 6.54 Å². The van der Waals surface area contributed by atoms with E-state index in [0.29, 0.717) is 0 Å². The van der Waals surface area contributed by atoms with Crippen molar-refractivity contribution in [3.05, 3.63) is 47.0 Å². The highest BCUT2D eigenvalue weighted by molar-refractivity contribution is 6.10. The van der Waals surface area contributed by atoms with E-state index < -0.39 is 0 Å². The van der Waals surface area contributed by atoms with Gasteiger partial charge in [-0.1, -0.05) is 18.2 Å². The number of fused-ring (bicyclic) bond motifs is 3. The third-order valence-electron chi connectivity index (χ3n) is 4.21. The molecule has 0 aliphatic heterocycles. The van der Waals surface area contributed by atoms with Crippen LogP contribution >= 0.6 is 0 Å². The quantitative estimate of drug-likeness (QED) is 0.576. The fourth-order valence-corrected chi connectivity index (χ4v) is 3.00. The molecule has 0 radical (unpaired) electrons. The molecule has 0 bridgehead atoms. The third-order valence-corrected chi connectivity index (χ3v) is 4.21. The molecule has 1 nitrogen and oxygen atoms in total. The molecule has 18 heavy (non-hydrogen) atoms. The molecule has 0 saturated carbocycles. The van der Waals surface area contributed by atoms with Gasteiger partial charge in [-0.2, -0.15) is 0 Å². The predicted octanol–water partition coefficient (Wildman–Crippen LogP) is 4.74. The summed E-state index contributed by atoms with van der Waals surface area (Å²) in [6.45, 7) is 9.92. The van der Waals surface area contributed by atoms with Gasteiger partial charge >= 0.3 is 0 Å². The monoisotopic (exact) mass is 237 g/mol. The van der Waals surface area contributed by atoms with Gasteiger partial charge in [-0.05, 0) is 56.5 Å². The topological polar surface area (TPSA) is 4.93 Å². The van der Waals surface area contributed by atoms with Crippen LogP contribution in [-0.4, -0.2) is 4.57 Å². The summed E-state index contributed by atoms with van der Waals surface area (Å²) >= 11 is 0. The molecule has 1 aromatic heterocycles. The highest BCUT2D eigenvalue weighted by Gasteiger charge is 2.13. The lowest BCUT2D eigenvalue weighted by molar-refractivity contribution is 0.826. The summed E-state index contributed by atoms with van der Waals surface area (Å²) < 4.78 is 2.42. The molecule has 0 spiro atoms. The molecule has 0 unspecified atom stereocenters. The van der Waals surface area contributed by atoms with Crippen LogP contribution in [0.15, 0.2) is 30.3 Å². The van der Waals surface area contributed by atoms with Crippen LogP contribution in [0.2, 0.25) is 0 Å². The Hall–Kier alpha value is -1.76. The summed E-state index contributed by atoms with van der Waals surface area (Å²) in [5.41, 5.74) is 6.95. The first-order valence-electron chi connectivity index (χ1n) is 6.63. The normalized spacial score (nSPS) is 11.6. The average molecular weight is 237 g/mol. The number of nitrogens with zero attached hydrogens (tertiary/aromatic N) is 1. The third kappa shape index (κ3) is 1.34. The summed E-state index contributed by atoms with van der Waals surface area (Å²) in [5.74, 6) is 0. The molecule has 0 aliphatic rings. The number of hydrogen-bond donors (Lipinski definition) is 0. The fraction of sp³-hybridized carbons (Fsp3) is 0.294. The maximum Gasteiger partial charge on any atom is 0.0496 e. The molecule has 3 rings (SSSR count). The Morgan fingerprint density at radius 3 is 2.39 bits per heavy atom. The summed E-state index contributed by atoms with van der Waals surface area (Å²) in [5, 5.41) is 2.81. The molecule has 0 fully saturated rings. The van der Waals surface area contributed by atoms with Gasteiger partial charge in [0.05, 0.1) is 0 Å². The number of aromatic nitrogens is 1. The molecule has 1 heterocycles. The van der Waals surface area contributed by atoms with Gasteiger partial charge in [0, 0.05) is 28.4 Å². The zero-order chi connectivity index (χ0) is 12.9. The number of hydrogen-bond acceptors (Lipinski definition) is 0. The maximum absolute atomic E-state index is 2.42. The SMILES string of the molecule is CCn1c2ccccc2c2c(C)c(C)c(C)cc21. The average Bonchev–Trinajstić information content (AvgIpc) is 2.69. The molecule has 0 saturated heterocycles. The second-order valence-electron chi connectivity index (χ2n) is 5.10. The second-order valence-corrected chi connectivity index (χ2v) is 5.10. The Labute approximate surface area is 108 Å². The Bertz CT molecular complexity index is 747. The van der Waals surface area contributed by atoms with Crippen molar-refractivity contribution in [1.82, 2.24) is 4.57 Å². The minimum absolute atomic E-state index is 1.02. The van der Waals surface area contributed by atoms with Gasteiger partial charge in [-0.15, -0.1) is 0 Å². The summed E-state index contributed by atoms with van der Waals surface area (Å²) in [6, 6.07) is 11.1. The Morgan fingerprint density at radius 1 is 0.944 bits per heavy atom. The molecule has 92 valence electrons. The van der Waals surface area contributed by atoms with E-state index in [1.54, 1.807) is 0 Å². The first-order valence-corrected chi connectivity index (χ1v) is 6.63. The molecular weight excluding hydrogens is 218 g/mol. The molecule has 0 amide bonds. The summed E-state index contributed by atoms with van der Waals surface area (Å²) in [4.78, 5) is 0. The van der Waals surface area contributed by atoms with E-state index in [9.17, 15) is 0 Å². The van der Waals surface area contributed by atoms with Crippen molar-refractivity contribution < 1.29 is 0 Å².